The third kappa shape index (κ3) is 2.75. The van der Waals surface area contributed by atoms with E-state index in [9.17, 15) is 0 Å². The second-order valence-corrected chi connectivity index (χ2v) is 3.24. The van der Waals surface area contributed by atoms with Crippen molar-refractivity contribution in [1.29, 1.82) is 0 Å². The molecule has 2 aromatic carbocycles. The van der Waals surface area contributed by atoms with Gasteiger partial charge in [0.25, 0.3) is 0 Å². The molecular weight excluding hydrogens is 179 g/mol. The molecule has 0 spiro atoms. The average molecular weight is 188 g/mol. The molecule has 0 aliphatic carbocycles. The zero-order valence-corrected chi connectivity index (χ0v) is 8.27. The standard InChI is InChI=1S/C14H9B/c15-14-10-8-13(9-11-14)7-6-12-4-2-1-3-5-12/h1-5,8-11H. The smallest absolute Gasteiger partial charge is 0.0966 e. The van der Waals surface area contributed by atoms with Crippen molar-refractivity contribution in [1.82, 2.24) is 0 Å². The lowest BCUT2D eigenvalue weighted by atomic mass is 9.95. The van der Waals surface area contributed by atoms with Crippen LogP contribution >= 0.6 is 0 Å². The highest BCUT2D eigenvalue weighted by Gasteiger charge is 1.86. The second-order valence-electron chi connectivity index (χ2n) is 3.24. The van der Waals surface area contributed by atoms with E-state index in [2.05, 4.69) is 11.8 Å². The molecule has 0 bridgehead atoms. The normalized spacial score (nSPS) is 9.07. The van der Waals surface area contributed by atoms with Crippen LogP contribution in [-0.2, 0) is 0 Å². The molecule has 0 atom stereocenters. The van der Waals surface area contributed by atoms with E-state index in [0.29, 0.717) is 0 Å². The van der Waals surface area contributed by atoms with Gasteiger partial charge in [-0.3, -0.25) is 0 Å². The SMILES string of the molecule is [B]c1ccc(C#Cc2ccccc2)cc1. The molecule has 15 heavy (non-hydrogen) atoms. The molecule has 0 nitrogen and oxygen atoms in total. The summed E-state index contributed by atoms with van der Waals surface area (Å²) in [7, 11) is 5.59. The van der Waals surface area contributed by atoms with Crippen molar-refractivity contribution >= 4 is 13.3 Å². The quantitative estimate of drug-likeness (QED) is 0.437. The van der Waals surface area contributed by atoms with Gasteiger partial charge in [0.15, 0.2) is 0 Å². The fourth-order valence-electron chi connectivity index (χ4n) is 1.23. The monoisotopic (exact) mass is 188 g/mol. The van der Waals surface area contributed by atoms with Gasteiger partial charge >= 0.3 is 0 Å². The first kappa shape index (κ1) is 9.61. The van der Waals surface area contributed by atoms with Crippen LogP contribution < -0.4 is 5.46 Å². The largest absolute Gasteiger partial charge is 0.113 e. The molecule has 0 unspecified atom stereocenters. The van der Waals surface area contributed by atoms with Crippen LogP contribution in [0.1, 0.15) is 11.1 Å². The summed E-state index contributed by atoms with van der Waals surface area (Å²) in [6, 6.07) is 17.5. The van der Waals surface area contributed by atoms with Crippen LogP contribution in [0.5, 0.6) is 0 Å². The van der Waals surface area contributed by atoms with Gasteiger partial charge in [0.1, 0.15) is 7.85 Å². The molecule has 0 saturated heterocycles. The summed E-state index contributed by atoms with van der Waals surface area (Å²) >= 11 is 0. The van der Waals surface area contributed by atoms with Crippen LogP contribution in [0.2, 0.25) is 0 Å². The molecule has 1 heteroatoms. The number of hydrogen-bond acceptors (Lipinski definition) is 0. The Hall–Kier alpha value is -1.94. The summed E-state index contributed by atoms with van der Waals surface area (Å²) in [6.45, 7) is 0. The van der Waals surface area contributed by atoms with Gasteiger partial charge in [-0.15, -0.1) is 0 Å². The van der Waals surface area contributed by atoms with Gasteiger partial charge in [-0.2, -0.15) is 0 Å². The Morgan fingerprint density at radius 3 is 1.80 bits per heavy atom. The van der Waals surface area contributed by atoms with Gasteiger partial charge in [0.05, 0.1) is 0 Å². The van der Waals surface area contributed by atoms with Crippen molar-refractivity contribution in [2.75, 3.05) is 0 Å². The van der Waals surface area contributed by atoms with E-state index in [1.165, 1.54) is 0 Å². The van der Waals surface area contributed by atoms with Gasteiger partial charge < -0.3 is 0 Å². The molecule has 0 heterocycles. The van der Waals surface area contributed by atoms with Crippen molar-refractivity contribution in [2.24, 2.45) is 0 Å². The molecule has 0 fully saturated rings. The van der Waals surface area contributed by atoms with Crippen LogP contribution in [-0.4, -0.2) is 7.85 Å². The van der Waals surface area contributed by atoms with Crippen LogP contribution in [0.3, 0.4) is 0 Å². The van der Waals surface area contributed by atoms with Gasteiger partial charge in [-0.25, -0.2) is 0 Å². The van der Waals surface area contributed by atoms with Crippen LogP contribution in [0.15, 0.2) is 54.6 Å². The van der Waals surface area contributed by atoms with Crippen molar-refractivity contribution in [2.45, 2.75) is 0 Å². The van der Waals surface area contributed by atoms with Crippen molar-refractivity contribution in [3.63, 3.8) is 0 Å². The Bertz CT molecular complexity index is 486. The minimum absolute atomic E-state index is 0.764. The fourth-order valence-corrected chi connectivity index (χ4v) is 1.23. The summed E-state index contributed by atoms with van der Waals surface area (Å²) in [5.74, 6) is 6.17. The van der Waals surface area contributed by atoms with Gasteiger partial charge in [0, 0.05) is 11.1 Å². The van der Waals surface area contributed by atoms with Crippen molar-refractivity contribution < 1.29 is 0 Å². The second kappa shape index (κ2) is 4.53. The summed E-state index contributed by atoms with van der Waals surface area (Å²) in [5, 5.41) is 0. The molecule has 2 aromatic rings. The minimum atomic E-state index is 0.764. The predicted molar refractivity (Wildman–Crippen MR) is 64.3 cm³/mol. The third-order valence-corrected chi connectivity index (χ3v) is 2.04. The summed E-state index contributed by atoms with van der Waals surface area (Å²) in [5.41, 5.74) is 2.77. The summed E-state index contributed by atoms with van der Waals surface area (Å²) in [6.07, 6.45) is 0. The fraction of sp³-hybridized carbons (Fsp3) is 0. The van der Waals surface area contributed by atoms with Crippen LogP contribution in [0.4, 0.5) is 0 Å². The van der Waals surface area contributed by atoms with E-state index < -0.39 is 0 Å². The number of benzene rings is 2. The Balaban J connectivity index is 2.22. The van der Waals surface area contributed by atoms with Gasteiger partial charge in [-0.1, -0.05) is 47.6 Å². The average Bonchev–Trinajstić information content (AvgIpc) is 2.30. The molecule has 0 aliphatic rings. The first-order valence-electron chi connectivity index (χ1n) is 4.77. The zero-order chi connectivity index (χ0) is 10.5. The maximum atomic E-state index is 5.59. The predicted octanol–water partition coefficient (Wildman–Crippen LogP) is 1.88. The number of rotatable bonds is 0. The van der Waals surface area contributed by atoms with Crippen LogP contribution in [0, 0.1) is 11.8 Å². The lowest BCUT2D eigenvalue weighted by Gasteiger charge is -1.92. The Morgan fingerprint density at radius 1 is 0.667 bits per heavy atom. The Kier molecular flexibility index (Phi) is 2.90. The first-order valence-corrected chi connectivity index (χ1v) is 4.77. The molecule has 2 radical (unpaired) electrons. The van der Waals surface area contributed by atoms with E-state index in [4.69, 9.17) is 7.85 Å². The van der Waals surface area contributed by atoms with Crippen molar-refractivity contribution in [3.8, 4) is 11.8 Å². The highest BCUT2D eigenvalue weighted by Crippen LogP contribution is 1.97. The highest BCUT2D eigenvalue weighted by atomic mass is 13.9. The summed E-state index contributed by atoms with van der Waals surface area (Å²) < 4.78 is 0. The van der Waals surface area contributed by atoms with E-state index >= 15 is 0 Å². The highest BCUT2D eigenvalue weighted by molar-refractivity contribution is 6.32. The molecular formula is C14H9B. The maximum absolute atomic E-state index is 5.59. The lowest BCUT2D eigenvalue weighted by Crippen LogP contribution is -1.99. The summed E-state index contributed by atoms with van der Waals surface area (Å²) in [4.78, 5) is 0. The van der Waals surface area contributed by atoms with E-state index in [-0.39, 0.29) is 0 Å². The van der Waals surface area contributed by atoms with E-state index in [1.54, 1.807) is 0 Å². The first-order chi connectivity index (χ1) is 7.34. The Morgan fingerprint density at radius 2 is 1.20 bits per heavy atom. The van der Waals surface area contributed by atoms with Gasteiger partial charge in [-0.05, 0) is 24.3 Å². The third-order valence-electron chi connectivity index (χ3n) is 2.04. The molecule has 0 amide bonds. The molecule has 0 aromatic heterocycles. The molecule has 68 valence electrons. The topological polar surface area (TPSA) is 0 Å². The molecule has 0 saturated carbocycles. The zero-order valence-electron chi connectivity index (χ0n) is 8.27. The lowest BCUT2D eigenvalue weighted by molar-refractivity contribution is 1.64. The van der Waals surface area contributed by atoms with Crippen molar-refractivity contribution in [3.05, 3.63) is 65.7 Å². The minimum Gasteiger partial charge on any atom is -0.0966 e. The van der Waals surface area contributed by atoms with E-state index in [0.717, 1.165) is 16.6 Å². The molecule has 0 N–H and O–H groups in total. The van der Waals surface area contributed by atoms with Gasteiger partial charge in [0.2, 0.25) is 0 Å². The van der Waals surface area contributed by atoms with Crippen LogP contribution in [0.25, 0.3) is 0 Å². The Labute approximate surface area is 91.4 Å². The number of hydrogen-bond donors (Lipinski definition) is 0. The maximum Gasteiger partial charge on any atom is 0.113 e. The molecule has 0 aliphatic heterocycles. The molecule has 2 rings (SSSR count). The van der Waals surface area contributed by atoms with E-state index in [1.807, 2.05) is 54.6 Å².